The molecule has 3 aromatic rings. The Bertz CT molecular complexity index is 1030. The molecule has 0 saturated heterocycles. The van der Waals surface area contributed by atoms with Crippen molar-refractivity contribution in [2.75, 3.05) is 7.11 Å². The summed E-state index contributed by atoms with van der Waals surface area (Å²) in [6, 6.07) is 15.6. The molecule has 0 aliphatic heterocycles. The van der Waals surface area contributed by atoms with Crippen molar-refractivity contribution in [1.29, 1.82) is 0 Å². The first-order valence-corrected chi connectivity index (χ1v) is 8.99. The van der Waals surface area contributed by atoms with Gasteiger partial charge in [-0.1, -0.05) is 36.4 Å². The molecule has 0 bridgehead atoms. The van der Waals surface area contributed by atoms with Gasteiger partial charge in [0.1, 0.15) is 5.75 Å². The maximum atomic E-state index is 12.7. The first-order valence-electron chi connectivity index (χ1n) is 8.18. The Morgan fingerprint density at radius 1 is 1.12 bits per heavy atom. The average molecular weight is 350 g/mol. The van der Waals surface area contributed by atoms with Crippen molar-refractivity contribution in [2.45, 2.75) is 12.8 Å². The van der Waals surface area contributed by atoms with E-state index >= 15 is 0 Å². The van der Waals surface area contributed by atoms with Gasteiger partial charge in [0, 0.05) is 17.5 Å². The van der Waals surface area contributed by atoms with E-state index < -0.39 is 0 Å². The molecule has 0 fully saturated rings. The van der Waals surface area contributed by atoms with E-state index in [-0.39, 0.29) is 5.91 Å². The van der Waals surface area contributed by atoms with E-state index in [1.165, 1.54) is 21.7 Å². The molecule has 1 aliphatic rings. The molecule has 0 saturated carbocycles. The maximum Gasteiger partial charge on any atom is 0.283 e. The Hall–Kier alpha value is -2.66. The maximum absolute atomic E-state index is 12.7. The number of hydrogen-bond donors (Lipinski definition) is 0. The second-order valence-electron chi connectivity index (χ2n) is 5.99. The summed E-state index contributed by atoms with van der Waals surface area (Å²) in [6.45, 7) is 0. The lowest BCUT2D eigenvalue weighted by molar-refractivity contribution is 0.0995. The molecule has 1 heterocycles. The van der Waals surface area contributed by atoms with E-state index in [2.05, 4.69) is 29.3 Å². The van der Waals surface area contributed by atoms with Crippen molar-refractivity contribution in [1.82, 2.24) is 4.57 Å². The fraction of sp³-hybridized carbons (Fsp3) is 0.200. The summed E-state index contributed by atoms with van der Waals surface area (Å²) in [5.41, 5.74) is 4.26. The number of nitrogens with zero attached hydrogens (tertiary/aromatic N) is 2. The lowest BCUT2D eigenvalue weighted by Crippen LogP contribution is -2.15. The van der Waals surface area contributed by atoms with Crippen molar-refractivity contribution in [2.24, 2.45) is 12.0 Å². The zero-order valence-corrected chi connectivity index (χ0v) is 15.0. The highest BCUT2D eigenvalue weighted by Crippen LogP contribution is 2.34. The summed E-state index contributed by atoms with van der Waals surface area (Å²) >= 11 is 1.60. The smallest absolute Gasteiger partial charge is 0.283 e. The summed E-state index contributed by atoms with van der Waals surface area (Å²) in [7, 11) is 3.54. The lowest BCUT2D eigenvalue weighted by Gasteiger charge is -2.16. The molecule has 1 aromatic heterocycles. The van der Waals surface area contributed by atoms with Gasteiger partial charge in [0.15, 0.2) is 4.80 Å². The Labute approximate surface area is 150 Å². The minimum Gasteiger partial charge on any atom is -0.496 e. The number of hydrogen-bond acceptors (Lipinski definition) is 3. The molecule has 0 spiro atoms. The van der Waals surface area contributed by atoms with Crippen LogP contribution in [0, 0.1) is 0 Å². The van der Waals surface area contributed by atoms with Crippen LogP contribution in [0.3, 0.4) is 0 Å². The van der Waals surface area contributed by atoms with Gasteiger partial charge in [-0.25, -0.2) is 0 Å². The van der Waals surface area contributed by atoms with E-state index in [1.54, 1.807) is 30.6 Å². The minimum atomic E-state index is -0.278. The molecule has 0 radical (unpaired) electrons. The molecule has 4 rings (SSSR count). The Morgan fingerprint density at radius 3 is 2.72 bits per heavy atom. The highest BCUT2D eigenvalue weighted by atomic mass is 32.1. The zero-order valence-electron chi connectivity index (χ0n) is 14.2. The normalized spacial score (nSPS) is 13.3. The second kappa shape index (κ2) is 6.33. The lowest BCUT2D eigenvalue weighted by atomic mass is 9.93. The van der Waals surface area contributed by atoms with Crippen LogP contribution in [-0.2, 0) is 19.9 Å². The van der Waals surface area contributed by atoms with E-state index in [0.29, 0.717) is 11.3 Å². The Morgan fingerprint density at radius 2 is 1.88 bits per heavy atom. The fourth-order valence-corrected chi connectivity index (χ4v) is 4.42. The monoisotopic (exact) mass is 350 g/mol. The first-order chi connectivity index (χ1) is 12.2. The number of benzene rings is 2. The van der Waals surface area contributed by atoms with Gasteiger partial charge in [0.2, 0.25) is 0 Å². The molecule has 1 amide bonds. The summed E-state index contributed by atoms with van der Waals surface area (Å²) in [5.74, 6) is 0.269. The molecule has 0 N–H and O–H groups in total. The molecule has 1 aliphatic carbocycles. The molecular formula is C20H18N2O2S. The minimum absolute atomic E-state index is 0.278. The van der Waals surface area contributed by atoms with E-state index in [1.807, 2.05) is 23.7 Å². The van der Waals surface area contributed by atoms with Crippen LogP contribution in [-0.4, -0.2) is 17.6 Å². The number of fused-ring (bicyclic) bond motifs is 3. The fourth-order valence-electron chi connectivity index (χ4n) is 3.29. The predicted octanol–water partition coefficient (Wildman–Crippen LogP) is 3.60. The van der Waals surface area contributed by atoms with Crippen LogP contribution >= 0.6 is 11.3 Å². The molecule has 126 valence electrons. The van der Waals surface area contributed by atoms with Crippen molar-refractivity contribution < 1.29 is 9.53 Å². The number of carbonyl (C=O) groups is 1. The standard InChI is InChI=1S/C20H18N2O2S/c1-22-18-14-8-4-3-7-13(14)11-12-17(18)25-20(22)21-19(23)15-9-5-6-10-16(15)24-2/h3-10H,11-12H2,1-2H3. The van der Waals surface area contributed by atoms with Crippen LogP contribution in [0.5, 0.6) is 5.75 Å². The number of amides is 1. The summed E-state index contributed by atoms with van der Waals surface area (Å²) in [4.78, 5) is 19.0. The van der Waals surface area contributed by atoms with Gasteiger partial charge in [-0.3, -0.25) is 4.79 Å². The highest BCUT2D eigenvalue weighted by molar-refractivity contribution is 7.09. The predicted molar refractivity (Wildman–Crippen MR) is 99.0 cm³/mol. The van der Waals surface area contributed by atoms with E-state index in [0.717, 1.165) is 17.6 Å². The molecule has 0 unspecified atom stereocenters. The Balaban J connectivity index is 1.82. The summed E-state index contributed by atoms with van der Waals surface area (Å²) < 4.78 is 7.31. The largest absolute Gasteiger partial charge is 0.496 e. The van der Waals surface area contributed by atoms with Crippen LogP contribution in [0.1, 0.15) is 20.8 Å². The quantitative estimate of drug-likeness (QED) is 0.709. The number of aromatic nitrogens is 1. The summed E-state index contributed by atoms with van der Waals surface area (Å²) in [6.07, 6.45) is 2.02. The number of ether oxygens (including phenoxy) is 1. The van der Waals surface area contributed by atoms with Gasteiger partial charge in [-0.15, -0.1) is 11.3 Å². The third-order valence-electron chi connectivity index (χ3n) is 4.53. The molecule has 5 heteroatoms. The second-order valence-corrected chi connectivity index (χ2v) is 7.05. The molecule has 25 heavy (non-hydrogen) atoms. The molecular weight excluding hydrogens is 332 g/mol. The van der Waals surface area contributed by atoms with E-state index in [9.17, 15) is 4.79 Å². The van der Waals surface area contributed by atoms with Gasteiger partial charge in [0.05, 0.1) is 18.4 Å². The van der Waals surface area contributed by atoms with E-state index in [4.69, 9.17) is 4.74 Å². The topological polar surface area (TPSA) is 43.6 Å². The number of methoxy groups -OCH3 is 1. The molecule has 0 atom stereocenters. The van der Waals surface area contributed by atoms with Crippen molar-refractivity contribution in [3.63, 3.8) is 0 Å². The van der Waals surface area contributed by atoms with Crippen LogP contribution in [0.2, 0.25) is 0 Å². The van der Waals surface area contributed by atoms with Crippen LogP contribution < -0.4 is 9.54 Å². The van der Waals surface area contributed by atoms with Crippen LogP contribution in [0.25, 0.3) is 11.3 Å². The van der Waals surface area contributed by atoms with Gasteiger partial charge >= 0.3 is 0 Å². The highest BCUT2D eigenvalue weighted by Gasteiger charge is 2.21. The molecule has 2 aromatic carbocycles. The molecule has 4 nitrogen and oxygen atoms in total. The summed E-state index contributed by atoms with van der Waals surface area (Å²) in [5, 5.41) is 0. The number of aryl methyl sites for hydroxylation is 2. The van der Waals surface area contributed by atoms with Crippen molar-refractivity contribution >= 4 is 17.2 Å². The van der Waals surface area contributed by atoms with Crippen molar-refractivity contribution in [3.05, 3.63) is 69.3 Å². The van der Waals surface area contributed by atoms with Gasteiger partial charge in [0.25, 0.3) is 5.91 Å². The zero-order chi connectivity index (χ0) is 17.4. The first kappa shape index (κ1) is 15.8. The SMILES string of the molecule is COc1ccccc1C(=O)N=c1sc2c(n1C)-c1ccccc1CC2. The third-order valence-corrected chi connectivity index (χ3v) is 5.72. The number of rotatable bonds is 2. The average Bonchev–Trinajstić information content (AvgIpc) is 2.97. The third kappa shape index (κ3) is 2.70. The van der Waals surface area contributed by atoms with Crippen LogP contribution in [0.4, 0.5) is 0 Å². The number of para-hydroxylation sites is 1. The van der Waals surface area contributed by atoms with Gasteiger partial charge in [-0.05, 0) is 30.5 Å². The number of thiazole rings is 1. The van der Waals surface area contributed by atoms with Gasteiger partial charge < -0.3 is 9.30 Å². The van der Waals surface area contributed by atoms with Crippen molar-refractivity contribution in [3.8, 4) is 17.0 Å². The van der Waals surface area contributed by atoms with Gasteiger partial charge in [-0.2, -0.15) is 4.99 Å². The number of carbonyl (C=O) groups excluding carboxylic acids is 1. The van der Waals surface area contributed by atoms with Crippen LogP contribution in [0.15, 0.2) is 53.5 Å². The Kier molecular flexibility index (Phi) is 4.01.